The van der Waals surface area contributed by atoms with Gasteiger partial charge < -0.3 is 15.0 Å². The molecule has 0 spiro atoms. The lowest BCUT2D eigenvalue weighted by molar-refractivity contribution is 0.417. The number of thioether (sulfide) groups is 1. The second-order valence-electron chi connectivity index (χ2n) is 7.10. The van der Waals surface area contributed by atoms with Crippen molar-refractivity contribution in [2.75, 3.05) is 12.4 Å². The molecule has 0 bridgehead atoms. The Morgan fingerprint density at radius 2 is 1.66 bits per heavy atom. The van der Waals surface area contributed by atoms with Crippen molar-refractivity contribution in [2.45, 2.75) is 10.9 Å². The van der Waals surface area contributed by atoms with Crippen LogP contribution in [0.2, 0.25) is 0 Å². The van der Waals surface area contributed by atoms with E-state index in [4.69, 9.17) is 14.7 Å². The number of aromatic amines is 1. The molecule has 2 N–H and O–H groups in total. The van der Waals surface area contributed by atoms with Crippen LogP contribution < -0.4 is 10.1 Å². The summed E-state index contributed by atoms with van der Waals surface area (Å²) in [7, 11) is 1.66. The number of imidazole rings is 1. The lowest BCUT2D eigenvalue weighted by Gasteiger charge is -2.12. The minimum atomic E-state index is 0.640. The first-order chi connectivity index (χ1) is 15.8. The standard InChI is InChI=1S/C25H21N5OS/c1-31-22-14-8-7-13-20(22)28-23-15-21(17-9-3-2-4-10-17)29-25(30-23)32-16-24-26-18-11-5-6-12-19(18)27-24/h2-15H,16H2,1H3,(H,26,27)(H,28,29,30). The van der Waals surface area contributed by atoms with E-state index in [2.05, 4.69) is 15.3 Å². The van der Waals surface area contributed by atoms with E-state index in [1.165, 1.54) is 0 Å². The Balaban J connectivity index is 1.46. The number of benzene rings is 3. The van der Waals surface area contributed by atoms with E-state index in [0.717, 1.165) is 39.6 Å². The lowest BCUT2D eigenvalue weighted by atomic mass is 10.1. The minimum Gasteiger partial charge on any atom is -0.495 e. The van der Waals surface area contributed by atoms with E-state index in [1.54, 1.807) is 18.9 Å². The summed E-state index contributed by atoms with van der Waals surface area (Å²) in [6.45, 7) is 0. The van der Waals surface area contributed by atoms with Crippen molar-refractivity contribution in [2.24, 2.45) is 0 Å². The zero-order chi connectivity index (χ0) is 21.8. The van der Waals surface area contributed by atoms with E-state index in [0.29, 0.717) is 16.7 Å². The van der Waals surface area contributed by atoms with Crippen LogP contribution in [0.3, 0.4) is 0 Å². The van der Waals surface area contributed by atoms with E-state index in [-0.39, 0.29) is 0 Å². The van der Waals surface area contributed by atoms with Gasteiger partial charge in [-0.05, 0) is 24.3 Å². The van der Waals surface area contributed by atoms with Crippen molar-refractivity contribution in [1.82, 2.24) is 19.9 Å². The predicted octanol–water partition coefficient (Wildman–Crippen LogP) is 6.06. The fourth-order valence-corrected chi connectivity index (χ4v) is 4.13. The van der Waals surface area contributed by atoms with E-state index < -0.39 is 0 Å². The monoisotopic (exact) mass is 439 g/mol. The zero-order valence-electron chi connectivity index (χ0n) is 17.4. The van der Waals surface area contributed by atoms with Crippen molar-refractivity contribution < 1.29 is 4.74 Å². The number of methoxy groups -OCH3 is 1. The molecule has 158 valence electrons. The molecule has 0 aliphatic rings. The number of aromatic nitrogens is 4. The van der Waals surface area contributed by atoms with Gasteiger partial charge in [0.1, 0.15) is 17.4 Å². The highest BCUT2D eigenvalue weighted by Gasteiger charge is 2.11. The average Bonchev–Trinajstić information content (AvgIpc) is 3.27. The first-order valence-corrected chi connectivity index (χ1v) is 11.2. The number of ether oxygens (including phenoxy) is 1. The SMILES string of the molecule is COc1ccccc1Nc1cc(-c2ccccc2)nc(SCc2nc3ccccc3[nH]2)n1. The molecule has 0 aliphatic carbocycles. The minimum absolute atomic E-state index is 0.640. The van der Waals surface area contributed by atoms with E-state index >= 15 is 0 Å². The second-order valence-corrected chi connectivity index (χ2v) is 8.04. The van der Waals surface area contributed by atoms with Gasteiger partial charge in [0, 0.05) is 11.6 Å². The van der Waals surface area contributed by atoms with Crippen molar-refractivity contribution >= 4 is 34.3 Å². The maximum absolute atomic E-state index is 5.47. The molecule has 0 unspecified atom stereocenters. The summed E-state index contributed by atoms with van der Waals surface area (Å²) in [5.41, 5.74) is 4.72. The molecule has 5 aromatic rings. The first-order valence-electron chi connectivity index (χ1n) is 10.2. The molecule has 0 amide bonds. The van der Waals surface area contributed by atoms with E-state index in [9.17, 15) is 0 Å². The van der Waals surface area contributed by atoms with Gasteiger partial charge in [0.15, 0.2) is 5.16 Å². The molecule has 32 heavy (non-hydrogen) atoms. The lowest BCUT2D eigenvalue weighted by Crippen LogP contribution is -2.00. The van der Waals surface area contributed by atoms with Gasteiger partial charge in [0.25, 0.3) is 0 Å². The Morgan fingerprint density at radius 3 is 2.50 bits per heavy atom. The fourth-order valence-electron chi connectivity index (χ4n) is 3.40. The largest absolute Gasteiger partial charge is 0.495 e. The Bertz CT molecular complexity index is 1320. The molecule has 0 atom stereocenters. The van der Waals surface area contributed by atoms with E-state index in [1.807, 2.05) is 84.9 Å². The molecule has 0 saturated carbocycles. The number of hydrogen-bond acceptors (Lipinski definition) is 6. The Kier molecular flexibility index (Phi) is 5.72. The summed E-state index contributed by atoms with van der Waals surface area (Å²) in [5, 5.41) is 4.05. The molecule has 6 nitrogen and oxygen atoms in total. The van der Waals surface area contributed by atoms with Crippen molar-refractivity contribution in [3.63, 3.8) is 0 Å². The van der Waals surface area contributed by atoms with Crippen LogP contribution >= 0.6 is 11.8 Å². The highest BCUT2D eigenvalue weighted by Crippen LogP contribution is 2.30. The third kappa shape index (κ3) is 4.43. The quantitative estimate of drug-likeness (QED) is 0.237. The molecule has 0 fully saturated rings. The van der Waals surface area contributed by atoms with Crippen molar-refractivity contribution in [3.8, 4) is 17.0 Å². The number of rotatable bonds is 7. The van der Waals surface area contributed by atoms with Crippen LogP contribution in [0.25, 0.3) is 22.3 Å². The highest BCUT2D eigenvalue weighted by molar-refractivity contribution is 7.98. The molecule has 3 aromatic carbocycles. The Labute approximate surface area is 190 Å². The molecule has 0 radical (unpaired) electrons. The zero-order valence-corrected chi connectivity index (χ0v) is 18.3. The van der Waals surface area contributed by atoms with Crippen LogP contribution in [0.1, 0.15) is 5.82 Å². The molecule has 0 aliphatic heterocycles. The fraction of sp³-hybridized carbons (Fsp3) is 0.0800. The number of nitrogens with one attached hydrogen (secondary N) is 2. The summed E-state index contributed by atoms with van der Waals surface area (Å²) < 4.78 is 5.47. The Morgan fingerprint density at radius 1 is 0.875 bits per heavy atom. The molecule has 0 saturated heterocycles. The summed E-state index contributed by atoms with van der Waals surface area (Å²) in [6.07, 6.45) is 0. The number of anilines is 2. The van der Waals surface area contributed by atoms with Gasteiger partial charge in [-0.15, -0.1) is 0 Å². The van der Waals surface area contributed by atoms with Gasteiger partial charge >= 0.3 is 0 Å². The van der Waals surface area contributed by atoms with Crippen molar-refractivity contribution in [3.05, 3.63) is 90.8 Å². The molecule has 5 rings (SSSR count). The smallest absolute Gasteiger partial charge is 0.190 e. The summed E-state index contributed by atoms with van der Waals surface area (Å²) >= 11 is 1.55. The molecule has 2 aromatic heterocycles. The summed E-state index contributed by atoms with van der Waals surface area (Å²) in [4.78, 5) is 17.6. The summed E-state index contributed by atoms with van der Waals surface area (Å²) in [5.74, 6) is 2.99. The van der Waals surface area contributed by atoms with Gasteiger partial charge in [0.05, 0.1) is 35.3 Å². The maximum atomic E-state index is 5.47. The number of hydrogen-bond donors (Lipinski definition) is 2. The van der Waals surface area contributed by atoms with Crippen LogP contribution in [0.15, 0.2) is 90.1 Å². The average molecular weight is 440 g/mol. The van der Waals surface area contributed by atoms with Crippen LogP contribution in [-0.4, -0.2) is 27.0 Å². The van der Waals surface area contributed by atoms with Gasteiger partial charge in [-0.3, -0.25) is 0 Å². The van der Waals surface area contributed by atoms with Crippen molar-refractivity contribution in [1.29, 1.82) is 0 Å². The summed E-state index contributed by atoms with van der Waals surface area (Å²) in [6, 6.07) is 27.8. The molecule has 7 heteroatoms. The van der Waals surface area contributed by atoms with Crippen LogP contribution in [-0.2, 0) is 5.75 Å². The maximum Gasteiger partial charge on any atom is 0.190 e. The normalized spacial score (nSPS) is 10.9. The third-order valence-corrected chi connectivity index (χ3v) is 5.78. The third-order valence-electron chi connectivity index (χ3n) is 4.92. The van der Waals surface area contributed by atoms with Crippen LogP contribution in [0.5, 0.6) is 5.75 Å². The van der Waals surface area contributed by atoms with Gasteiger partial charge in [0.2, 0.25) is 0 Å². The predicted molar refractivity (Wildman–Crippen MR) is 129 cm³/mol. The number of fused-ring (bicyclic) bond motifs is 1. The first kappa shape index (κ1) is 20.1. The number of para-hydroxylation sites is 4. The second kappa shape index (κ2) is 9.11. The Hall–Kier alpha value is -3.84. The van der Waals surface area contributed by atoms with Crippen LogP contribution in [0, 0.1) is 0 Å². The molecular weight excluding hydrogens is 418 g/mol. The molecular formula is C25H21N5OS. The highest BCUT2D eigenvalue weighted by atomic mass is 32.2. The number of H-pyrrole nitrogens is 1. The van der Waals surface area contributed by atoms with Gasteiger partial charge in [-0.2, -0.15) is 0 Å². The number of nitrogens with zero attached hydrogens (tertiary/aromatic N) is 3. The topological polar surface area (TPSA) is 75.7 Å². The van der Waals surface area contributed by atoms with Gasteiger partial charge in [-0.25, -0.2) is 15.0 Å². The van der Waals surface area contributed by atoms with Crippen LogP contribution in [0.4, 0.5) is 11.5 Å². The van der Waals surface area contributed by atoms with Gasteiger partial charge in [-0.1, -0.05) is 66.4 Å². The molecule has 2 heterocycles.